The highest BCUT2D eigenvalue weighted by atomic mass is 28.3. The highest BCUT2D eigenvalue weighted by molar-refractivity contribution is 6.89. The van der Waals surface area contributed by atoms with Crippen LogP contribution in [-0.2, 0) is 0 Å². The quantitative estimate of drug-likeness (QED) is 0.539. The summed E-state index contributed by atoms with van der Waals surface area (Å²) in [6, 6.07) is 0. The zero-order valence-corrected chi connectivity index (χ0v) is 14.3. The fourth-order valence-corrected chi connectivity index (χ4v) is 13.2. The predicted octanol–water partition coefficient (Wildman–Crippen LogP) is 6.03. The van der Waals surface area contributed by atoms with Crippen molar-refractivity contribution in [3.63, 3.8) is 0 Å². The van der Waals surface area contributed by atoms with Crippen molar-refractivity contribution >= 4 is 8.07 Å². The monoisotopic (exact) mass is 272 g/mol. The van der Waals surface area contributed by atoms with Gasteiger partial charge in [0.05, 0.1) is 8.07 Å². The van der Waals surface area contributed by atoms with Gasteiger partial charge in [-0.1, -0.05) is 90.2 Å². The van der Waals surface area contributed by atoms with E-state index in [0.717, 1.165) is 0 Å². The van der Waals surface area contributed by atoms with Gasteiger partial charge in [0.1, 0.15) is 0 Å². The summed E-state index contributed by atoms with van der Waals surface area (Å²) in [6.45, 7) is 14.8. The second-order valence-corrected chi connectivity index (χ2v) is 14.0. The summed E-state index contributed by atoms with van der Waals surface area (Å²) in [6.07, 6.45) is 18.8. The first-order valence-electron chi connectivity index (χ1n) is 7.41. The van der Waals surface area contributed by atoms with Crippen LogP contribution in [0.3, 0.4) is 0 Å². The Balaban J connectivity index is 2.64. The van der Waals surface area contributed by atoms with Gasteiger partial charge in [0.15, 0.2) is 0 Å². The van der Waals surface area contributed by atoms with Crippen LogP contribution in [0.25, 0.3) is 0 Å². The van der Waals surface area contributed by atoms with Crippen molar-refractivity contribution < 1.29 is 0 Å². The number of hydrogen-bond donors (Lipinski definition) is 0. The summed E-state index contributed by atoms with van der Waals surface area (Å²) in [4.78, 5) is 0. The van der Waals surface area contributed by atoms with Crippen molar-refractivity contribution in [2.75, 3.05) is 0 Å². The van der Waals surface area contributed by atoms with Gasteiger partial charge in [-0.05, 0) is 21.2 Å². The molecule has 0 unspecified atom stereocenters. The molecular weight excluding hydrogens is 244 g/mol. The zero-order chi connectivity index (χ0) is 14.3. The lowest BCUT2D eigenvalue weighted by atomic mass is 10.2. The Morgan fingerprint density at radius 3 is 1.05 bits per heavy atom. The molecular formula is C18H28Si. The smallest absolute Gasteiger partial charge is 0.0803 e. The van der Waals surface area contributed by atoms with Gasteiger partial charge in [0.25, 0.3) is 0 Å². The first-order chi connectivity index (χ1) is 8.71. The van der Waals surface area contributed by atoms with E-state index >= 15 is 0 Å². The van der Waals surface area contributed by atoms with Gasteiger partial charge in [0.2, 0.25) is 0 Å². The molecule has 0 aromatic rings. The Morgan fingerprint density at radius 2 is 0.842 bits per heavy atom. The number of allylic oxidation sites excluding steroid dienone is 8. The third kappa shape index (κ3) is 2.12. The van der Waals surface area contributed by atoms with E-state index in [0.29, 0.717) is 21.2 Å². The average Bonchev–Trinajstić information content (AvgIpc) is 2.85. The fourth-order valence-electron chi connectivity index (χ4n) is 4.82. The lowest BCUT2D eigenvalue weighted by Crippen LogP contribution is -2.57. The van der Waals surface area contributed by atoms with Gasteiger partial charge in [-0.25, -0.2) is 0 Å². The molecule has 0 fully saturated rings. The molecule has 0 aromatic carbocycles. The lowest BCUT2D eigenvalue weighted by molar-refractivity contribution is 0.591. The standard InChI is InChI=1S/C18H28Si/c1-17(2,3)19(18(4,5)6,15-11-7-8-12-15)16-13-9-10-14-16/h7-16H,1-6H3. The molecule has 0 atom stereocenters. The van der Waals surface area contributed by atoms with Crippen LogP contribution < -0.4 is 0 Å². The maximum Gasteiger partial charge on any atom is 0.0862 e. The third-order valence-corrected chi connectivity index (χ3v) is 12.9. The molecule has 0 saturated heterocycles. The Labute approximate surface area is 120 Å². The second-order valence-electron chi connectivity index (χ2n) is 7.96. The van der Waals surface area contributed by atoms with Crippen molar-refractivity contribution in [2.24, 2.45) is 0 Å². The van der Waals surface area contributed by atoms with Crippen LogP contribution in [0.2, 0.25) is 21.2 Å². The molecule has 0 radical (unpaired) electrons. The molecule has 19 heavy (non-hydrogen) atoms. The molecule has 0 bridgehead atoms. The highest BCUT2D eigenvalue weighted by Crippen LogP contribution is 2.64. The topological polar surface area (TPSA) is 0 Å². The largest absolute Gasteiger partial charge is 0.0862 e. The van der Waals surface area contributed by atoms with Crippen LogP contribution in [0.4, 0.5) is 0 Å². The molecule has 0 nitrogen and oxygen atoms in total. The van der Waals surface area contributed by atoms with Gasteiger partial charge < -0.3 is 0 Å². The van der Waals surface area contributed by atoms with Crippen molar-refractivity contribution in [3.05, 3.63) is 48.6 Å². The van der Waals surface area contributed by atoms with E-state index in [1.165, 1.54) is 0 Å². The van der Waals surface area contributed by atoms with E-state index in [2.05, 4.69) is 90.2 Å². The van der Waals surface area contributed by atoms with Crippen molar-refractivity contribution in [1.29, 1.82) is 0 Å². The SMILES string of the molecule is CC(C)(C)[Si](C1C=CC=C1)(C1C=CC=C1)C(C)(C)C. The van der Waals surface area contributed by atoms with Gasteiger partial charge in [0, 0.05) is 0 Å². The van der Waals surface area contributed by atoms with Crippen molar-refractivity contribution in [2.45, 2.75) is 62.7 Å². The van der Waals surface area contributed by atoms with E-state index in [1.54, 1.807) is 0 Å². The molecule has 2 aliphatic carbocycles. The molecule has 0 N–H and O–H groups in total. The van der Waals surface area contributed by atoms with Crippen molar-refractivity contribution in [1.82, 2.24) is 0 Å². The molecule has 0 amide bonds. The van der Waals surface area contributed by atoms with E-state index in [1.807, 2.05) is 0 Å². The summed E-state index contributed by atoms with van der Waals surface area (Å²) >= 11 is 0. The van der Waals surface area contributed by atoms with Gasteiger partial charge in [-0.2, -0.15) is 0 Å². The molecule has 2 aliphatic rings. The molecule has 0 heterocycles. The average molecular weight is 273 g/mol. The lowest BCUT2D eigenvalue weighted by Gasteiger charge is -2.57. The van der Waals surface area contributed by atoms with Gasteiger partial charge in [-0.15, -0.1) is 0 Å². The summed E-state index contributed by atoms with van der Waals surface area (Å²) in [7, 11) is -1.68. The van der Waals surface area contributed by atoms with Crippen LogP contribution in [0.5, 0.6) is 0 Å². The number of rotatable bonds is 2. The predicted molar refractivity (Wildman–Crippen MR) is 89.2 cm³/mol. The molecule has 0 saturated carbocycles. The highest BCUT2D eigenvalue weighted by Gasteiger charge is 2.59. The second kappa shape index (κ2) is 4.62. The summed E-state index contributed by atoms with van der Waals surface area (Å²) in [5, 5.41) is 0.719. The van der Waals surface area contributed by atoms with E-state index < -0.39 is 8.07 Å². The van der Waals surface area contributed by atoms with Crippen LogP contribution >= 0.6 is 0 Å². The Bertz CT molecular complexity index is 381. The van der Waals surface area contributed by atoms with E-state index in [9.17, 15) is 0 Å². The van der Waals surface area contributed by atoms with Crippen LogP contribution in [0, 0.1) is 0 Å². The zero-order valence-electron chi connectivity index (χ0n) is 13.3. The molecule has 104 valence electrons. The number of hydrogen-bond acceptors (Lipinski definition) is 0. The summed E-state index contributed by atoms with van der Waals surface area (Å²) in [5.74, 6) is 0. The minimum absolute atomic E-state index is 0.360. The van der Waals surface area contributed by atoms with Crippen molar-refractivity contribution in [3.8, 4) is 0 Å². The minimum Gasteiger partial charge on any atom is -0.0803 e. The Morgan fingerprint density at radius 1 is 0.579 bits per heavy atom. The normalized spacial score (nSPS) is 20.9. The van der Waals surface area contributed by atoms with E-state index in [-0.39, 0.29) is 0 Å². The van der Waals surface area contributed by atoms with E-state index in [4.69, 9.17) is 0 Å². The Kier molecular flexibility index (Phi) is 3.55. The first kappa shape index (κ1) is 14.6. The fraction of sp³-hybridized carbons (Fsp3) is 0.556. The maximum atomic E-state index is 2.46. The molecule has 0 aliphatic heterocycles. The van der Waals surface area contributed by atoms with Crippen LogP contribution in [-0.4, -0.2) is 8.07 Å². The van der Waals surface area contributed by atoms with Gasteiger partial charge >= 0.3 is 0 Å². The molecule has 2 rings (SSSR count). The third-order valence-electron chi connectivity index (χ3n) is 5.03. The Hall–Kier alpha value is -0.823. The maximum absolute atomic E-state index is 2.46. The first-order valence-corrected chi connectivity index (χ1v) is 9.57. The molecule has 1 heteroatoms. The molecule has 0 spiro atoms. The van der Waals surface area contributed by atoms with Gasteiger partial charge in [-0.3, -0.25) is 0 Å². The summed E-state index contributed by atoms with van der Waals surface area (Å²) in [5.41, 5.74) is 1.29. The van der Waals surface area contributed by atoms with Crippen LogP contribution in [0.1, 0.15) is 41.5 Å². The minimum atomic E-state index is -1.68. The molecule has 0 aromatic heterocycles. The van der Waals surface area contributed by atoms with Crippen LogP contribution in [0.15, 0.2) is 48.6 Å². The summed E-state index contributed by atoms with van der Waals surface area (Å²) < 4.78 is 0.